The largest absolute Gasteiger partial charge is 0.502 e. The summed E-state index contributed by atoms with van der Waals surface area (Å²) < 4.78 is 54.5. The average Bonchev–Trinajstić information content (AvgIpc) is 3.26. The molecule has 0 saturated carbocycles. The van der Waals surface area contributed by atoms with E-state index in [2.05, 4.69) is 20.4 Å². The summed E-state index contributed by atoms with van der Waals surface area (Å²) in [7, 11) is -2.41. The number of nitrogens with one attached hydrogen (secondary N) is 3. The Balaban J connectivity index is 0.000000276. The molecule has 0 spiro atoms. The minimum atomic E-state index is -3.39. The first-order valence-electron chi connectivity index (χ1n) is 18.6. The number of amides is 2. The van der Waals surface area contributed by atoms with E-state index in [1.165, 1.54) is 0 Å². The van der Waals surface area contributed by atoms with Crippen LogP contribution in [0.3, 0.4) is 0 Å². The molecule has 0 fully saturated rings. The van der Waals surface area contributed by atoms with Gasteiger partial charge in [0.1, 0.15) is 29.3 Å². The molecular weight excluding hydrogens is 857 g/mol. The first kappa shape index (κ1) is 50.1. The number of hydrogen-bond acceptors (Lipinski definition) is 15. The number of carbonyl (C=O) groups is 2. The quantitative estimate of drug-likeness (QED) is 0.0892. The first-order valence-corrected chi connectivity index (χ1v) is 22.7. The highest BCUT2D eigenvalue weighted by atomic mass is 32.2. The predicted octanol–water partition coefficient (Wildman–Crippen LogP) is 4.32. The number of aliphatic hydroxyl groups is 1. The number of sulfone groups is 2. The zero-order valence-electron chi connectivity index (χ0n) is 34.9. The van der Waals surface area contributed by atoms with Crippen LogP contribution >= 0.6 is 0 Å². The fraction of sp³-hybridized carbons (Fsp3) is 0.182. The van der Waals surface area contributed by atoms with Crippen LogP contribution < -0.4 is 32.5 Å². The summed E-state index contributed by atoms with van der Waals surface area (Å²) in [6.07, 6.45) is 2.88. The molecule has 2 aromatic heterocycles. The van der Waals surface area contributed by atoms with Crippen molar-refractivity contribution >= 4 is 42.9 Å². The Bertz CT molecular complexity index is 2810. The number of aromatic hydroxyl groups is 2. The Morgan fingerprint density at radius 2 is 1.02 bits per heavy atom. The monoisotopic (exact) mass is 904 g/mol. The normalized spacial score (nSPS) is 10.6. The molecule has 2 heterocycles. The van der Waals surface area contributed by atoms with Crippen LogP contribution in [0.1, 0.15) is 38.0 Å². The average molecular weight is 905 g/mol. The number of aliphatic hydroxyl groups excluding tert-OH is 1. The summed E-state index contributed by atoms with van der Waals surface area (Å²) in [4.78, 5) is 45.7. The van der Waals surface area contributed by atoms with Gasteiger partial charge in [-0.05, 0) is 70.8 Å². The maximum Gasteiger partial charge on any atom is 0.251 e. The summed E-state index contributed by atoms with van der Waals surface area (Å²) in [5.41, 5.74) is 11.0. The second kappa shape index (κ2) is 23.1. The highest BCUT2D eigenvalue weighted by Gasteiger charge is 2.15. The Kier molecular flexibility index (Phi) is 18.4. The minimum Gasteiger partial charge on any atom is -0.502 e. The molecule has 8 N–H and O–H groups in total. The Morgan fingerprint density at radius 3 is 1.43 bits per heavy atom. The van der Waals surface area contributed by atoms with E-state index >= 15 is 0 Å². The van der Waals surface area contributed by atoms with Crippen LogP contribution in [0, 0.1) is 0 Å². The molecule has 0 bridgehead atoms. The Labute approximate surface area is 363 Å². The smallest absolute Gasteiger partial charge is 0.251 e. The van der Waals surface area contributed by atoms with Crippen molar-refractivity contribution in [1.29, 1.82) is 0 Å². The molecule has 4 aromatic carbocycles. The van der Waals surface area contributed by atoms with E-state index in [0.717, 1.165) is 66.0 Å². The third-order valence-electron chi connectivity index (χ3n) is 8.38. The lowest BCUT2D eigenvalue weighted by Crippen LogP contribution is -2.17. The molecule has 6 aromatic rings. The van der Waals surface area contributed by atoms with Crippen molar-refractivity contribution in [1.82, 2.24) is 10.6 Å². The van der Waals surface area contributed by atoms with E-state index < -0.39 is 47.8 Å². The van der Waals surface area contributed by atoms with Gasteiger partial charge >= 0.3 is 0 Å². The molecule has 0 aliphatic rings. The fourth-order valence-electron chi connectivity index (χ4n) is 5.37. The minimum absolute atomic E-state index is 0.00114. The molecule has 2 amide bonds. The molecule has 0 unspecified atom stereocenters. The van der Waals surface area contributed by atoms with Gasteiger partial charge in [-0.2, -0.15) is 0 Å². The summed E-state index contributed by atoms with van der Waals surface area (Å²) in [5, 5.41) is 33.9. The van der Waals surface area contributed by atoms with Crippen LogP contribution in [0.4, 0.5) is 11.4 Å². The second-order valence-electron chi connectivity index (χ2n) is 13.5. The SMILES string of the molecule is CNC(=O)c1ccc(-c2ccc(N)cc2)cc1.CNC(=O)c1ccc(-c2ccc(NCc3oc(CS(C)(=O)=O)cc(=O)c3O)cc2)cc1.CO.CS(=O)(=O)Cc1cc(=O)c(O)co1. The van der Waals surface area contributed by atoms with E-state index in [1.54, 1.807) is 26.2 Å². The van der Waals surface area contributed by atoms with E-state index in [1.807, 2.05) is 84.9 Å². The van der Waals surface area contributed by atoms with E-state index in [4.69, 9.17) is 20.4 Å². The molecule has 63 heavy (non-hydrogen) atoms. The Morgan fingerprint density at radius 1 is 0.619 bits per heavy atom. The van der Waals surface area contributed by atoms with Crippen LogP contribution in [0.5, 0.6) is 11.5 Å². The standard InChI is InChI=1S/C22H22N2O6S.C14H14N2O.C7H8O5S.CH4O/c1-23-22(27)16-5-3-14(4-6-16)15-7-9-17(10-8-15)24-12-20-21(26)19(25)11-18(30-20)13-31(2,28)29;1-16-14(17)12-4-2-10(3-5-12)11-6-8-13(15)9-7-11;1-13(10,11)4-5-2-6(8)7(9)3-12-5;1-2/h3-11,24,26H,12-13H2,1-2H3,(H,23,27);2-9H,15H2,1H3,(H,16,17);2-3,9H,4H2,1H3;2H,1H3. The molecule has 17 nitrogen and oxygen atoms in total. The summed E-state index contributed by atoms with van der Waals surface area (Å²) in [5.74, 6) is -2.14. The van der Waals surface area contributed by atoms with Crippen molar-refractivity contribution in [3.63, 3.8) is 0 Å². The van der Waals surface area contributed by atoms with Crippen molar-refractivity contribution in [2.24, 2.45) is 0 Å². The number of nitrogen functional groups attached to an aromatic ring is 1. The van der Waals surface area contributed by atoms with Gasteiger partial charge in [0.15, 0.2) is 31.2 Å². The zero-order valence-corrected chi connectivity index (χ0v) is 36.5. The molecule has 6 rings (SSSR count). The van der Waals surface area contributed by atoms with Crippen molar-refractivity contribution in [3.05, 3.63) is 164 Å². The number of carbonyl (C=O) groups excluding carboxylic acids is 2. The van der Waals surface area contributed by atoms with Crippen LogP contribution in [0.2, 0.25) is 0 Å². The molecule has 0 saturated heterocycles. The molecular formula is C44H48N4O13S2. The summed E-state index contributed by atoms with van der Waals surface area (Å²) in [6, 6.07) is 31.7. The van der Waals surface area contributed by atoms with Gasteiger partial charge in [-0.1, -0.05) is 48.5 Å². The van der Waals surface area contributed by atoms with Gasteiger partial charge in [0, 0.05) is 68.4 Å². The predicted molar refractivity (Wildman–Crippen MR) is 241 cm³/mol. The summed E-state index contributed by atoms with van der Waals surface area (Å²) >= 11 is 0. The third-order valence-corrected chi connectivity index (χ3v) is 10.0. The topological polar surface area (TPSA) is 286 Å². The van der Waals surface area contributed by atoms with Gasteiger partial charge in [-0.15, -0.1) is 0 Å². The van der Waals surface area contributed by atoms with Crippen LogP contribution in [-0.4, -0.2) is 77.7 Å². The number of anilines is 2. The van der Waals surface area contributed by atoms with Crippen molar-refractivity contribution in [2.45, 2.75) is 18.1 Å². The molecule has 334 valence electrons. The lowest BCUT2D eigenvalue weighted by atomic mass is 10.0. The van der Waals surface area contributed by atoms with Crippen molar-refractivity contribution in [3.8, 4) is 33.8 Å². The fourth-order valence-corrected chi connectivity index (χ4v) is 6.70. The van der Waals surface area contributed by atoms with Crippen LogP contribution in [-0.2, 0) is 37.7 Å². The van der Waals surface area contributed by atoms with Crippen molar-refractivity contribution in [2.75, 3.05) is 44.8 Å². The van der Waals surface area contributed by atoms with E-state index in [0.29, 0.717) is 16.8 Å². The maximum atomic E-state index is 11.9. The number of nitrogens with two attached hydrogens (primary N) is 1. The maximum absolute atomic E-state index is 11.9. The van der Waals surface area contributed by atoms with Crippen molar-refractivity contribution < 1.29 is 50.6 Å². The zero-order chi connectivity index (χ0) is 46.9. The van der Waals surface area contributed by atoms with Gasteiger partial charge in [-0.3, -0.25) is 19.2 Å². The van der Waals surface area contributed by atoms with Gasteiger partial charge < -0.3 is 45.8 Å². The molecule has 0 aliphatic carbocycles. The third kappa shape index (κ3) is 16.3. The number of hydrogen-bond donors (Lipinski definition) is 7. The molecule has 19 heteroatoms. The van der Waals surface area contributed by atoms with E-state index in [9.17, 15) is 41.1 Å². The second-order valence-corrected chi connectivity index (χ2v) is 17.7. The lowest BCUT2D eigenvalue weighted by molar-refractivity contribution is 0.0955. The molecule has 0 atom stereocenters. The number of rotatable bonds is 11. The highest BCUT2D eigenvalue weighted by Crippen LogP contribution is 2.24. The van der Waals surface area contributed by atoms with Crippen LogP contribution in [0.15, 0.2) is 134 Å². The van der Waals surface area contributed by atoms with Gasteiger partial charge in [0.05, 0.1) is 6.54 Å². The van der Waals surface area contributed by atoms with E-state index in [-0.39, 0.29) is 41.4 Å². The molecule has 0 radical (unpaired) electrons. The van der Waals surface area contributed by atoms with Gasteiger partial charge in [0.2, 0.25) is 16.6 Å². The lowest BCUT2D eigenvalue weighted by Gasteiger charge is -2.10. The highest BCUT2D eigenvalue weighted by molar-refractivity contribution is 7.90. The van der Waals surface area contributed by atoms with Gasteiger partial charge in [0.25, 0.3) is 11.8 Å². The summed E-state index contributed by atoms with van der Waals surface area (Å²) in [6.45, 7) is -0.00114. The van der Waals surface area contributed by atoms with Crippen LogP contribution in [0.25, 0.3) is 22.3 Å². The molecule has 0 aliphatic heterocycles. The number of benzene rings is 4. The van der Waals surface area contributed by atoms with Gasteiger partial charge in [-0.25, -0.2) is 16.8 Å². The Hall–Kier alpha value is -7.22. The first-order chi connectivity index (χ1) is 29.7.